The predicted octanol–water partition coefficient (Wildman–Crippen LogP) is 1.03. The van der Waals surface area contributed by atoms with E-state index in [-0.39, 0.29) is 23.9 Å². The third-order valence-corrected chi connectivity index (χ3v) is 4.70. The summed E-state index contributed by atoms with van der Waals surface area (Å²) in [6.45, 7) is 2.81. The first-order valence-corrected chi connectivity index (χ1v) is 8.38. The van der Waals surface area contributed by atoms with Crippen molar-refractivity contribution < 1.29 is 4.79 Å². The average Bonchev–Trinajstić information content (AvgIpc) is 2.98. The van der Waals surface area contributed by atoms with Crippen LogP contribution in [0.1, 0.15) is 18.1 Å². The molecule has 25 heavy (non-hydrogen) atoms. The molecule has 1 aliphatic heterocycles. The predicted molar refractivity (Wildman–Crippen MR) is 93.2 cm³/mol. The van der Waals surface area contributed by atoms with Crippen LogP contribution >= 0.6 is 0 Å². The van der Waals surface area contributed by atoms with Crippen molar-refractivity contribution in [1.29, 1.82) is 0 Å². The Kier molecular flexibility index (Phi) is 3.83. The number of nitrogens with one attached hydrogen (secondary N) is 1. The van der Waals surface area contributed by atoms with Crippen LogP contribution in [0.4, 0.5) is 0 Å². The smallest absolute Gasteiger partial charge is 0.240 e. The molecule has 0 unspecified atom stereocenters. The van der Waals surface area contributed by atoms with E-state index in [1.54, 1.807) is 12.3 Å². The molecular formula is C18H19N5O2. The minimum Gasteiger partial charge on any atom is -0.350 e. The van der Waals surface area contributed by atoms with Crippen LogP contribution < -0.4 is 10.7 Å². The largest absolute Gasteiger partial charge is 0.350 e. The zero-order valence-electron chi connectivity index (χ0n) is 14.0. The molecule has 0 bridgehead atoms. The number of rotatable bonds is 3. The highest BCUT2D eigenvalue weighted by Crippen LogP contribution is 2.15. The monoisotopic (exact) mass is 337 g/mol. The normalized spacial score (nSPS) is 16.6. The van der Waals surface area contributed by atoms with Crippen LogP contribution in [0.2, 0.25) is 0 Å². The van der Waals surface area contributed by atoms with E-state index in [9.17, 15) is 9.59 Å². The van der Waals surface area contributed by atoms with Crippen LogP contribution in [-0.2, 0) is 24.3 Å². The molecule has 3 aromatic rings. The van der Waals surface area contributed by atoms with Crippen LogP contribution in [0.3, 0.4) is 0 Å². The zero-order valence-corrected chi connectivity index (χ0v) is 14.0. The van der Waals surface area contributed by atoms with Gasteiger partial charge in [0.2, 0.25) is 5.91 Å². The van der Waals surface area contributed by atoms with Crippen molar-refractivity contribution in [2.75, 3.05) is 0 Å². The van der Waals surface area contributed by atoms with Gasteiger partial charge in [0.25, 0.3) is 0 Å². The van der Waals surface area contributed by atoms with Gasteiger partial charge in [0.1, 0.15) is 18.2 Å². The number of aryl methyl sites for hydroxylation is 2. The maximum atomic E-state index is 12.5. The highest BCUT2D eigenvalue weighted by atomic mass is 16.2. The first kappa shape index (κ1) is 15.6. The molecule has 1 atom stereocenters. The van der Waals surface area contributed by atoms with Gasteiger partial charge >= 0.3 is 0 Å². The summed E-state index contributed by atoms with van der Waals surface area (Å²) in [5.41, 5.74) is 0.737. The Bertz CT molecular complexity index is 1000. The lowest BCUT2D eigenvalue weighted by Crippen LogP contribution is -2.42. The second-order valence-corrected chi connectivity index (χ2v) is 6.40. The lowest BCUT2D eigenvalue weighted by atomic mass is 10.1. The summed E-state index contributed by atoms with van der Waals surface area (Å²) in [4.78, 5) is 24.4. The molecule has 0 saturated heterocycles. The number of hydrogen-bond acceptors (Lipinski definition) is 4. The molecule has 7 heteroatoms. The summed E-state index contributed by atoms with van der Waals surface area (Å²) >= 11 is 0. The van der Waals surface area contributed by atoms with Crippen molar-refractivity contribution >= 4 is 16.8 Å². The molecule has 0 radical (unpaired) electrons. The van der Waals surface area contributed by atoms with Gasteiger partial charge in [-0.15, -0.1) is 10.2 Å². The molecule has 128 valence electrons. The van der Waals surface area contributed by atoms with Gasteiger partial charge in [-0.3, -0.25) is 9.59 Å². The molecule has 3 heterocycles. The van der Waals surface area contributed by atoms with E-state index in [0.717, 1.165) is 30.0 Å². The van der Waals surface area contributed by atoms with Crippen LogP contribution in [-0.4, -0.2) is 31.3 Å². The summed E-state index contributed by atoms with van der Waals surface area (Å²) in [6.07, 6.45) is 3.34. The van der Waals surface area contributed by atoms with Crippen LogP contribution in [0.15, 0.2) is 41.3 Å². The van der Waals surface area contributed by atoms with Gasteiger partial charge in [-0.2, -0.15) is 0 Å². The number of aromatic nitrogens is 4. The number of pyridine rings is 1. The highest BCUT2D eigenvalue weighted by molar-refractivity contribution is 5.82. The van der Waals surface area contributed by atoms with E-state index >= 15 is 0 Å². The average molecular weight is 337 g/mol. The highest BCUT2D eigenvalue weighted by Gasteiger charge is 2.22. The van der Waals surface area contributed by atoms with E-state index in [1.807, 2.05) is 29.7 Å². The number of nitrogens with zero attached hydrogens (tertiary/aromatic N) is 4. The van der Waals surface area contributed by atoms with E-state index in [2.05, 4.69) is 20.1 Å². The van der Waals surface area contributed by atoms with E-state index in [0.29, 0.717) is 11.9 Å². The molecule has 0 fully saturated rings. The quantitative estimate of drug-likeness (QED) is 0.774. The molecule has 0 spiro atoms. The molecule has 1 aromatic carbocycles. The Balaban J connectivity index is 1.49. The zero-order chi connectivity index (χ0) is 17.4. The number of carbonyl (C=O) groups excluding carboxylic acids is 1. The lowest BCUT2D eigenvalue weighted by Gasteiger charge is -2.25. The number of amides is 1. The first-order chi connectivity index (χ1) is 12.1. The van der Waals surface area contributed by atoms with Gasteiger partial charge in [0.15, 0.2) is 5.43 Å². The minimum absolute atomic E-state index is 0.0323. The molecule has 1 aliphatic rings. The molecule has 1 N–H and O–H groups in total. The lowest BCUT2D eigenvalue weighted by molar-refractivity contribution is -0.122. The fourth-order valence-electron chi connectivity index (χ4n) is 3.41. The summed E-state index contributed by atoms with van der Waals surface area (Å²) in [6, 6.07) is 8.91. The van der Waals surface area contributed by atoms with Gasteiger partial charge in [-0.25, -0.2) is 0 Å². The maximum absolute atomic E-state index is 12.5. The molecule has 0 aliphatic carbocycles. The third-order valence-electron chi connectivity index (χ3n) is 4.70. The van der Waals surface area contributed by atoms with Crippen molar-refractivity contribution in [1.82, 2.24) is 24.6 Å². The Morgan fingerprint density at radius 2 is 2.12 bits per heavy atom. The Morgan fingerprint density at radius 3 is 3.00 bits per heavy atom. The van der Waals surface area contributed by atoms with Gasteiger partial charge in [0.05, 0.1) is 5.52 Å². The Labute approximate surface area is 144 Å². The minimum atomic E-state index is -0.0621. The van der Waals surface area contributed by atoms with Crippen molar-refractivity contribution in [3.63, 3.8) is 0 Å². The van der Waals surface area contributed by atoms with Crippen molar-refractivity contribution in [3.8, 4) is 0 Å². The molecule has 0 saturated carbocycles. The topological polar surface area (TPSA) is 81.8 Å². The second kappa shape index (κ2) is 6.16. The molecular weight excluding hydrogens is 318 g/mol. The standard InChI is InChI=1S/C18H19N5O2/c1-12-20-21-17-7-6-13(10-23(12)17)19-18(25)11-22-9-8-16(24)14-4-2-3-5-15(14)22/h2-5,8-9,13H,6-7,10-11H2,1H3,(H,19,25)/t13-/m1/s1. The number of benzene rings is 1. The van der Waals surface area contributed by atoms with E-state index < -0.39 is 0 Å². The third kappa shape index (κ3) is 2.93. The fraction of sp³-hybridized carbons (Fsp3) is 0.333. The summed E-state index contributed by atoms with van der Waals surface area (Å²) in [5, 5.41) is 12.0. The van der Waals surface area contributed by atoms with Gasteiger partial charge in [-0.05, 0) is 25.5 Å². The number of fused-ring (bicyclic) bond motifs is 2. The second-order valence-electron chi connectivity index (χ2n) is 6.40. The maximum Gasteiger partial charge on any atom is 0.240 e. The Hall–Kier alpha value is -2.96. The molecule has 2 aromatic heterocycles. The summed E-state index contributed by atoms with van der Waals surface area (Å²) in [5.74, 6) is 1.79. The first-order valence-electron chi connectivity index (χ1n) is 8.38. The van der Waals surface area contributed by atoms with Crippen molar-refractivity contribution in [2.24, 2.45) is 0 Å². The van der Waals surface area contributed by atoms with Gasteiger partial charge in [0, 0.05) is 36.7 Å². The fourth-order valence-corrected chi connectivity index (χ4v) is 3.41. The van der Waals surface area contributed by atoms with Crippen LogP contribution in [0.25, 0.3) is 10.9 Å². The summed E-state index contributed by atoms with van der Waals surface area (Å²) in [7, 11) is 0. The number of hydrogen-bond donors (Lipinski definition) is 1. The SMILES string of the molecule is Cc1nnc2n1C[C@H](NC(=O)Cn1ccc(=O)c3ccccc31)CC2. The molecule has 7 nitrogen and oxygen atoms in total. The van der Waals surface area contributed by atoms with E-state index in [1.165, 1.54) is 6.07 Å². The van der Waals surface area contributed by atoms with Crippen molar-refractivity contribution in [3.05, 3.63) is 58.4 Å². The van der Waals surface area contributed by atoms with Gasteiger partial charge < -0.3 is 14.5 Å². The Morgan fingerprint density at radius 1 is 1.28 bits per heavy atom. The number of para-hydroxylation sites is 1. The summed E-state index contributed by atoms with van der Waals surface area (Å²) < 4.78 is 3.87. The number of carbonyl (C=O) groups is 1. The van der Waals surface area contributed by atoms with Crippen molar-refractivity contribution in [2.45, 2.75) is 38.9 Å². The molecule has 1 amide bonds. The van der Waals surface area contributed by atoms with Gasteiger partial charge in [-0.1, -0.05) is 12.1 Å². The van der Waals surface area contributed by atoms with Crippen LogP contribution in [0, 0.1) is 6.92 Å². The van der Waals surface area contributed by atoms with Crippen LogP contribution in [0.5, 0.6) is 0 Å². The van der Waals surface area contributed by atoms with E-state index in [4.69, 9.17) is 0 Å². The molecule has 4 rings (SSSR count).